The Morgan fingerprint density at radius 2 is 2.09 bits per heavy atom. The zero-order valence-electron chi connectivity index (χ0n) is 6.49. The molecule has 62 valence electrons. The Morgan fingerprint density at radius 3 is 2.55 bits per heavy atom. The first kappa shape index (κ1) is 7.97. The van der Waals surface area contributed by atoms with Gasteiger partial charge in [-0.05, 0) is 12.8 Å². The van der Waals surface area contributed by atoms with Crippen molar-refractivity contribution in [3.8, 4) is 0 Å². The van der Waals surface area contributed by atoms with Crippen molar-refractivity contribution in [1.29, 1.82) is 0 Å². The first-order chi connectivity index (χ1) is 5.20. The standard InChI is InChI=1S/C6H11N3O2/c1-8(11)7-6(10)9-4-2-3-5-9/h2-5H2,1H3/b8-7-. The molecule has 0 aromatic heterocycles. The van der Waals surface area contributed by atoms with Crippen molar-refractivity contribution in [1.82, 2.24) is 4.90 Å². The van der Waals surface area contributed by atoms with Crippen molar-refractivity contribution in [3.05, 3.63) is 5.21 Å². The molecule has 1 aliphatic heterocycles. The van der Waals surface area contributed by atoms with Crippen LogP contribution in [0.15, 0.2) is 5.11 Å². The molecule has 11 heavy (non-hydrogen) atoms. The third kappa shape index (κ3) is 2.18. The van der Waals surface area contributed by atoms with Crippen molar-refractivity contribution in [3.63, 3.8) is 0 Å². The van der Waals surface area contributed by atoms with E-state index in [1.807, 2.05) is 0 Å². The summed E-state index contributed by atoms with van der Waals surface area (Å²) < 4.78 is 0. The van der Waals surface area contributed by atoms with Gasteiger partial charge in [0.1, 0.15) is 0 Å². The van der Waals surface area contributed by atoms with E-state index in [4.69, 9.17) is 0 Å². The molecule has 1 heterocycles. The maximum Gasteiger partial charge on any atom is 0.404 e. The molecule has 1 saturated heterocycles. The van der Waals surface area contributed by atoms with Crippen LogP contribution in [-0.2, 0) is 0 Å². The van der Waals surface area contributed by atoms with Gasteiger partial charge in [-0.3, -0.25) is 0 Å². The molecular formula is C6H11N3O2. The molecule has 1 rings (SSSR count). The van der Waals surface area contributed by atoms with E-state index in [1.54, 1.807) is 4.90 Å². The molecule has 0 radical (unpaired) electrons. The highest BCUT2D eigenvalue weighted by atomic mass is 16.5. The number of rotatable bonds is 0. The van der Waals surface area contributed by atoms with E-state index < -0.39 is 6.03 Å². The van der Waals surface area contributed by atoms with Crippen molar-refractivity contribution in [2.45, 2.75) is 12.8 Å². The van der Waals surface area contributed by atoms with Gasteiger partial charge in [-0.2, -0.15) is 0 Å². The van der Waals surface area contributed by atoms with E-state index in [2.05, 4.69) is 5.11 Å². The molecule has 0 spiro atoms. The molecule has 1 fully saturated rings. The van der Waals surface area contributed by atoms with Gasteiger partial charge in [0.25, 0.3) is 0 Å². The lowest BCUT2D eigenvalue weighted by Crippen LogP contribution is -2.25. The molecular weight excluding hydrogens is 146 g/mol. The highest BCUT2D eigenvalue weighted by molar-refractivity contribution is 5.74. The fraction of sp³-hybridized carbons (Fsp3) is 0.833. The van der Waals surface area contributed by atoms with Crippen molar-refractivity contribution in [2.75, 3.05) is 20.1 Å². The third-order valence-electron chi connectivity index (χ3n) is 1.60. The minimum absolute atomic E-state index is 0.292. The number of azo groups is 1. The number of carbonyl (C=O) groups excluding carboxylic acids is 1. The zero-order chi connectivity index (χ0) is 8.27. The second kappa shape index (κ2) is 3.32. The smallest absolute Gasteiger partial charge is 0.404 e. The first-order valence-electron chi connectivity index (χ1n) is 3.61. The number of carbonyl (C=O) groups is 1. The van der Waals surface area contributed by atoms with Crippen LogP contribution in [0.3, 0.4) is 0 Å². The Kier molecular flexibility index (Phi) is 2.40. The maximum absolute atomic E-state index is 11.0. The fourth-order valence-electron chi connectivity index (χ4n) is 1.09. The van der Waals surface area contributed by atoms with Crippen molar-refractivity contribution < 1.29 is 9.66 Å². The predicted octanol–water partition coefficient (Wildman–Crippen LogP) is 0.794. The average Bonchev–Trinajstić information content (AvgIpc) is 2.35. The largest absolute Gasteiger partial charge is 0.600 e. The predicted molar refractivity (Wildman–Crippen MR) is 38.2 cm³/mol. The van der Waals surface area contributed by atoms with Crippen LogP contribution in [0.5, 0.6) is 0 Å². The van der Waals surface area contributed by atoms with Crippen LogP contribution >= 0.6 is 0 Å². The van der Waals surface area contributed by atoms with Crippen molar-refractivity contribution >= 4 is 6.03 Å². The third-order valence-corrected chi connectivity index (χ3v) is 1.60. The molecule has 0 atom stereocenters. The van der Waals surface area contributed by atoms with E-state index in [1.165, 1.54) is 7.05 Å². The lowest BCUT2D eigenvalue weighted by atomic mass is 10.4. The van der Waals surface area contributed by atoms with Gasteiger partial charge in [0.15, 0.2) is 7.05 Å². The summed E-state index contributed by atoms with van der Waals surface area (Å²) in [5, 5.41) is 13.5. The molecule has 0 N–H and O–H groups in total. The summed E-state index contributed by atoms with van der Waals surface area (Å²) in [6.45, 7) is 1.46. The maximum atomic E-state index is 11.0. The minimum atomic E-state index is -0.417. The van der Waals surface area contributed by atoms with E-state index in [-0.39, 0.29) is 0 Å². The topological polar surface area (TPSA) is 58.7 Å². The second-order valence-electron chi connectivity index (χ2n) is 2.54. The van der Waals surface area contributed by atoms with Gasteiger partial charge >= 0.3 is 6.03 Å². The summed E-state index contributed by atoms with van der Waals surface area (Å²) in [5.74, 6) is 0. The van der Waals surface area contributed by atoms with E-state index in [0.29, 0.717) is 4.86 Å². The molecule has 0 aromatic carbocycles. The lowest BCUT2D eigenvalue weighted by Gasteiger charge is -2.08. The summed E-state index contributed by atoms with van der Waals surface area (Å²) in [4.78, 5) is 12.8. The SMILES string of the molecule is C/[N+]([O-])=N/C(=O)N1CCCC1. The quantitative estimate of drug-likeness (QED) is 0.296. The summed E-state index contributed by atoms with van der Waals surface area (Å²) in [6, 6.07) is -0.417. The van der Waals surface area contributed by atoms with Crippen molar-refractivity contribution in [2.24, 2.45) is 5.11 Å². The zero-order valence-corrected chi connectivity index (χ0v) is 6.49. The molecule has 1 aliphatic rings. The van der Waals surface area contributed by atoms with Crippen LogP contribution in [0.2, 0.25) is 0 Å². The molecule has 5 heteroatoms. The van der Waals surface area contributed by atoms with Gasteiger partial charge in [0.05, 0.1) is 5.11 Å². The van der Waals surface area contributed by atoms with Crippen LogP contribution in [0.4, 0.5) is 4.79 Å². The van der Waals surface area contributed by atoms with Gasteiger partial charge < -0.3 is 10.1 Å². The molecule has 2 amide bonds. The number of likely N-dealkylation sites (tertiary alicyclic amines) is 1. The van der Waals surface area contributed by atoms with Gasteiger partial charge in [0, 0.05) is 13.1 Å². The fourth-order valence-corrected chi connectivity index (χ4v) is 1.09. The number of hydroxylamine groups is 1. The Morgan fingerprint density at radius 1 is 1.55 bits per heavy atom. The first-order valence-corrected chi connectivity index (χ1v) is 3.61. The van der Waals surface area contributed by atoms with Gasteiger partial charge in [0.2, 0.25) is 0 Å². The summed E-state index contributed by atoms with van der Waals surface area (Å²) >= 11 is 0. The Bertz CT molecular complexity index is 180. The Balaban J connectivity index is 2.47. The van der Waals surface area contributed by atoms with Gasteiger partial charge in [-0.1, -0.05) is 4.86 Å². The molecule has 5 nitrogen and oxygen atoms in total. The second-order valence-corrected chi connectivity index (χ2v) is 2.54. The molecule has 0 unspecified atom stereocenters. The van der Waals surface area contributed by atoms with Crippen LogP contribution in [0.25, 0.3) is 0 Å². The van der Waals surface area contributed by atoms with Crippen LogP contribution in [0, 0.1) is 5.21 Å². The number of urea groups is 1. The van der Waals surface area contributed by atoms with Gasteiger partial charge in [-0.15, -0.1) is 0 Å². The monoisotopic (exact) mass is 157 g/mol. The molecule has 0 aliphatic carbocycles. The van der Waals surface area contributed by atoms with Crippen LogP contribution in [-0.4, -0.2) is 35.9 Å². The normalized spacial score (nSPS) is 19.0. The number of nitrogens with zero attached hydrogens (tertiary/aromatic N) is 3. The average molecular weight is 157 g/mol. The highest BCUT2D eigenvalue weighted by Gasteiger charge is 2.19. The minimum Gasteiger partial charge on any atom is -0.600 e. The number of hydrogen-bond donors (Lipinski definition) is 0. The number of amides is 2. The Labute approximate surface area is 64.9 Å². The van der Waals surface area contributed by atoms with Gasteiger partial charge in [-0.25, -0.2) is 4.79 Å². The van der Waals surface area contributed by atoms with E-state index in [0.717, 1.165) is 25.9 Å². The molecule has 0 saturated carbocycles. The summed E-state index contributed by atoms with van der Waals surface area (Å²) in [6.07, 6.45) is 2.04. The summed E-state index contributed by atoms with van der Waals surface area (Å²) in [5.41, 5.74) is 0. The van der Waals surface area contributed by atoms with E-state index in [9.17, 15) is 10.0 Å². The van der Waals surface area contributed by atoms with E-state index >= 15 is 0 Å². The van der Waals surface area contributed by atoms with Crippen LogP contribution in [0.1, 0.15) is 12.8 Å². The Hall–Kier alpha value is -1.13. The summed E-state index contributed by atoms with van der Waals surface area (Å²) in [7, 11) is 1.20. The van der Waals surface area contributed by atoms with Crippen LogP contribution < -0.4 is 0 Å². The molecule has 0 bridgehead atoms. The lowest BCUT2D eigenvalue weighted by molar-refractivity contribution is -0.492. The number of hydrogen-bond acceptors (Lipinski definition) is 2. The molecule has 0 aromatic rings. The highest BCUT2D eigenvalue weighted by Crippen LogP contribution is 2.08.